The fourth-order valence-electron chi connectivity index (χ4n) is 3.06. The fraction of sp³-hybridized carbons (Fsp3) is 0.786. The summed E-state index contributed by atoms with van der Waals surface area (Å²) in [4.78, 5) is 4.15. The van der Waals surface area contributed by atoms with E-state index in [-0.39, 0.29) is 16.3 Å². The minimum atomic E-state index is -3.51. The molecule has 3 heterocycles. The number of hydrogen-bond donors (Lipinski definition) is 0. The minimum absolute atomic E-state index is 0.0350. The van der Waals surface area contributed by atoms with E-state index in [2.05, 4.69) is 18.8 Å². The lowest BCUT2D eigenvalue weighted by molar-refractivity contribution is 0.0624. The number of thioether (sulfide) groups is 1. The molecule has 0 spiro atoms. The molecule has 8 heteroatoms. The van der Waals surface area contributed by atoms with Crippen molar-refractivity contribution < 1.29 is 13.2 Å². The molecule has 2 atom stereocenters. The second-order valence-electron chi connectivity index (χ2n) is 6.26. The molecule has 0 unspecified atom stereocenters. The van der Waals surface area contributed by atoms with Crippen LogP contribution in [0.15, 0.2) is 17.6 Å². The quantitative estimate of drug-likeness (QED) is 0.826. The Morgan fingerprint density at radius 1 is 1.50 bits per heavy atom. The van der Waals surface area contributed by atoms with Crippen LogP contribution in [-0.2, 0) is 21.3 Å². The predicted octanol–water partition coefficient (Wildman–Crippen LogP) is 1.43. The second kappa shape index (κ2) is 6.51. The molecule has 0 N–H and O–H groups in total. The Balaban J connectivity index is 1.83. The zero-order valence-corrected chi connectivity index (χ0v) is 14.6. The summed E-state index contributed by atoms with van der Waals surface area (Å²) in [6.07, 6.45) is 4.04. The smallest absolute Gasteiger partial charge is 0.262 e. The van der Waals surface area contributed by atoms with Gasteiger partial charge >= 0.3 is 0 Å². The van der Waals surface area contributed by atoms with Gasteiger partial charge in [0.15, 0.2) is 5.03 Å². The molecule has 0 aromatic carbocycles. The number of sulfonamides is 1. The number of imidazole rings is 1. The highest BCUT2D eigenvalue weighted by Gasteiger charge is 2.41. The Kier molecular flexibility index (Phi) is 4.82. The summed E-state index contributed by atoms with van der Waals surface area (Å²) in [5.41, 5.74) is 0. The maximum atomic E-state index is 12.9. The lowest BCUT2D eigenvalue weighted by Crippen LogP contribution is -2.54. The average molecular weight is 345 g/mol. The Bertz CT molecular complexity index is 613. The molecule has 2 aliphatic heterocycles. The number of hydrogen-bond acceptors (Lipinski definition) is 5. The lowest BCUT2D eigenvalue weighted by Gasteiger charge is -2.41. The van der Waals surface area contributed by atoms with Gasteiger partial charge in [-0.2, -0.15) is 16.1 Å². The van der Waals surface area contributed by atoms with Crippen LogP contribution in [0.5, 0.6) is 0 Å². The van der Waals surface area contributed by atoms with Crippen LogP contribution in [0.1, 0.15) is 20.3 Å². The molecule has 0 aliphatic carbocycles. The topological polar surface area (TPSA) is 64.4 Å². The Morgan fingerprint density at radius 2 is 2.32 bits per heavy atom. The zero-order valence-electron chi connectivity index (χ0n) is 13.0. The number of aromatic nitrogens is 2. The monoisotopic (exact) mass is 345 g/mol. The van der Waals surface area contributed by atoms with E-state index < -0.39 is 10.0 Å². The van der Waals surface area contributed by atoms with Gasteiger partial charge in [0.1, 0.15) is 0 Å². The van der Waals surface area contributed by atoms with Gasteiger partial charge in [-0.1, -0.05) is 13.8 Å². The largest absolute Gasteiger partial charge is 0.380 e. The molecule has 22 heavy (non-hydrogen) atoms. The van der Waals surface area contributed by atoms with Crippen molar-refractivity contribution in [3.8, 4) is 0 Å². The molecule has 2 fully saturated rings. The fourth-order valence-corrected chi connectivity index (χ4v) is 6.19. The summed E-state index contributed by atoms with van der Waals surface area (Å²) in [5.74, 6) is 1.27. The van der Waals surface area contributed by atoms with Gasteiger partial charge in [0.25, 0.3) is 10.0 Å². The molecule has 2 aliphatic rings. The Hall–Kier alpha value is -0.570. The second-order valence-corrected chi connectivity index (χ2v) is 9.44. The van der Waals surface area contributed by atoms with Crippen molar-refractivity contribution in [1.82, 2.24) is 13.9 Å². The van der Waals surface area contributed by atoms with Crippen LogP contribution < -0.4 is 0 Å². The van der Waals surface area contributed by atoms with Gasteiger partial charge in [-0.15, -0.1) is 0 Å². The van der Waals surface area contributed by atoms with Crippen molar-refractivity contribution in [2.45, 2.75) is 43.1 Å². The first-order valence-electron chi connectivity index (χ1n) is 7.71. The first-order valence-corrected chi connectivity index (χ1v) is 10.2. The number of rotatable bonds is 4. The molecule has 124 valence electrons. The van der Waals surface area contributed by atoms with Crippen LogP contribution >= 0.6 is 11.8 Å². The molecule has 0 bridgehead atoms. The van der Waals surface area contributed by atoms with E-state index in [1.165, 1.54) is 0 Å². The van der Waals surface area contributed by atoms with Gasteiger partial charge in [0.2, 0.25) is 0 Å². The summed E-state index contributed by atoms with van der Waals surface area (Å²) in [5, 5.41) is 0.417. The van der Waals surface area contributed by atoms with Gasteiger partial charge < -0.3 is 9.30 Å². The van der Waals surface area contributed by atoms with Crippen molar-refractivity contribution in [2.24, 2.45) is 5.92 Å². The predicted molar refractivity (Wildman–Crippen MR) is 86.4 cm³/mol. The van der Waals surface area contributed by atoms with Crippen molar-refractivity contribution in [3.63, 3.8) is 0 Å². The Morgan fingerprint density at radius 3 is 3.09 bits per heavy atom. The van der Waals surface area contributed by atoms with Crippen molar-refractivity contribution in [1.29, 1.82) is 0 Å². The first kappa shape index (κ1) is 16.3. The first-order chi connectivity index (χ1) is 10.5. The lowest BCUT2D eigenvalue weighted by atomic mass is 10.1. The van der Waals surface area contributed by atoms with E-state index in [4.69, 9.17) is 4.74 Å². The summed E-state index contributed by atoms with van der Waals surface area (Å²) >= 11 is 1.82. The average Bonchev–Trinajstić information content (AvgIpc) is 2.95. The summed E-state index contributed by atoms with van der Waals surface area (Å²) in [6.45, 7) is 6.81. The maximum absolute atomic E-state index is 12.9. The van der Waals surface area contributed by atoms with Crippen molar-refractivity contribution in [3.05, 3.63) is 12.5 Å². The minimum Gasteiger partial charge on any atom is -0.380 e. The third-order valence-corrected chi connectivity index (χ3v) is 7.15. The van der Waals surface area contributed by atoms with Gasteiger partial charge in [0, 0.05) is 42.9 Å². The molecular formula is C14H23N3O3S2. The third-order valence-electron chi connectivity index (χ3n) is 4.04. The van der Waals surface area contributed by atoms with Crippen LogP contribution in [0.3, 0.4) is 0 Å². The van der Waals surface area contributed by atoms with E-state index in [0.717, 1.165) is 18.7 Å². The normalized spacial score (nSPS) is 27.0. The highest BCUT2D eigenvalue weighted by Crippen LogP contribution is 2.33. The number of fused-ring (bicyclic) bond motifs is 1. The van der Waals surface area contributed by atoms with Gasteiger partial charge in [0.05, 0.1) is 12.9 Å². The van der Waals surface area contributed by atoms with E-state index >= 15 is 0 Å². The summed E-state index contributed by atoms with van der Waals surface area (Å²) < 4.78 is 34.9. The van der Waals surface area contributed by atoms with Crippen LogP contribution in [0, 0.1) is 5.92 Å². The standard InChI is InChI=1S/C14H23N3O3S2/c1-11(2)7-16-8-14(15-10-16)22(18,19)17-4-6-21-13-9-20-5-3-12(13)17/h8,10-13H,3-7,9H2,1-2H3/t12-,13+/m1/s1. The maximum Gasteiger partial charge on any atom is 0.262 e. The molecule has 1 aromatic heterocycles. The molecule has 3 rings (SSSR count). The van der Waals surface area contributed by atoms with E-state index in [1.54, 1.807) is 16.8 Å². The highest BCUT2D eigenvalue weighted by atomic mass is 32.2. The molecule has 6 nitrogen and oxygen atoms in total. The zero-order chi connectivity index (χ0) is 15.7. The molecule has 0 amide bonds. The third kappa shape index (κ3) is 3.20. The SMILES string of the molecule is CC(C)Cn1cnc(S(=O)(=O)N2CCS[C@H]3COCC[C@H]32)c1. The highest BCUT2D eigenvalue weighted by molar-refractivity contribution is 8.00. The van der Waals surface area contributed by atoms with E-state index in [1.807, 2.05) is 16.3 Å². The Labute approximate surface area is 136 Å². The van der Waals surface area contributed by atoms with Crippen LogP contribution in [0.2, 0.25) is 0 Å². The molecule has 0 saturated carbocycles. The van der Waals surface area contributed by atoms with Crippen LogP contribution in [-0.4, -0.2) is 59.1 Å². The molecule has 1 aromatic rings. The van der Waals surface area contributed by atoms with Crippen molar-refractivity contribution >= 4 is 21.8 Å². The summed E-state index contributed by atoms with van der Waals surface area (Å²) in [7, 11) is -3.51. The van der Waals surface area contributed by atoms with E-state index in [0.29, 0.717) is 25.7 Å². The van der Waals surface area contributed by atoms with Crippen LogP contribution in [0.25, 0.3) is 0 Å². The number of nitrogens with zero attached hydrogens (tertiary/aromatic N) is 3. The number of ether oxygens (including phenoxy) is 1. The molecule has 0 radical (unpaired) electrons. The van der Waals surface area contributed by atoms with E-state index in [9.17, 15) is 8.42 Å². The molecular weight excluding hydrogens is 322 g/mol. The van der Waals surface area contributed by atoms with Gasteiger partial charge in [-0.3, -0.25) is 0 Å². The molecule has 2 saturated heterocycles. The summed E-state index contributed by atoms with van der Waals surface area (Å²) in [6, 6.07) is 0.0350. The van der Waals surface area contributed by atoms with Gasteiger partial charge in [-0.25, -0.2) is 13.4 Å². The van der Waals surface area contributed by atoms with Crippen LogP contribution in [0.4, 0.5) is 0 Å². The van der Waals surface area contributed by atoms with Gasteiger partial charge in [-0.05, 0) is 12.3 Å². The van der Waals surface area contributed by atoms with Crippen molar-refractivity contribution in [2.75, 3.05) is 25.5 Å².